The number of halogens is 1. The van der Waals surface area contributed by atoms with Crippen molar-refractivity contribution in [1.29, 1.82) is 0 Å². The van der Waals surface area contributed by atoms with Crippen molar-refractivity contribution in [2.45, 2.75) is 13.8 Å². The molecule has 122 valence electrons. The minimum Gasteiger partial charge on any atom is -0.494 e. The summed E-state index contributed by atoms with van der Waals surface area (Å²) in [5.74, 6) is -0.236. The van der Waals surface area contributed by atoms with E-state index in [1.807, 2.05) is 38.1 Å². The number of ether oxygens (including phenoxy) is 1. The van der Waals surface area contributed by atoms with E-state index in [9.17, 15) is 9.90 Å². The van der Waals surface area contributed by atoms with Gasteiger partial charge in [-0.15, -0.1) is 0 Å². The lowest BCUT2D eigenvalue weighted by atomic mass is 10.0. The highest BCUT2D eigenvalue weighted by molar-refractivity contribution is 6.31. The highest BCUT2D eigenvalue weighted by atomic mass is 35.5. The number of benzene rings is 2. The molecule has 0 aliphatic carbocycles. The molecular weight excluding hydrogens is 326 g/mol. The number of nitrogens with zero attached hydrogens (tertiary/aromatic N) is 1. The quantitative estimate of drug-likeness (QED) is 0.728. The predicted octanol–water partition coefficient (Wildman–Crippen LogP) is 4.96. The fourth-order valence-corrected chi connectivity index (χ4v) is 2.94. The van der Waals surface area contributed by atoms with Crippen molar-refractivity contribution in [2.75, 3.05) is 6.61 Å². The smallest absolute Gasteiger partial charge is 0.336 e. The Hall–Kier alpha value is -2.59. The van der Waals surface area contributed by atoms with Crippen LogP contribution in [0.1, 0.15) is 22.8 Å². The standard InChI is InChI=1S/C19H16ClNO3/c1-3-24-14-6-4-12(5-7-14)17-10-16(19(22)23)15-9-13(20)8-11(2)18(15)21-17/h4-10H,3H2,1-2H3,(H,22,23). The zero-order chi connectivity index (χ0) is 17.3. The minimum atomic E-state index is -1.00. The van der Waals surface area contributed by atoms with E-state index < -0.39 is 5.97 Å². The van der Waals surface area contributed by atoms with Gasteiger partial charge in [0.2, 0.25) is 0 Å². The van der Waals surface area contributed by atoms with Gasteiger partial charge in [0.05, 0.1) is 23.4 Å². The molecule has 0 aliphatic heterocycles. The minimum absolute atomic E-state index is 0.189. The number of rotatable bonds is 4. The van der Waals surface area contributed by atoms with E-state index in [1.165, 1.54) is 0 Å². The van der Waals surface area contributed by atoms with Crippen molar-refractivity contribution in [3.8, 4) is 17.0 Å². The number of carboxylic acid groups (broad SMARTS) is 1. The molecule has 3 rings (SSSR count). The molecule has 24 heavy (non-hydrogen) atoms. The predicted molar refractivity (Wildman–Crippen MR) is 95.1 cm³/mol. The Morgan fingerprint density at radius 2 is 1.92 bits per heavy atom. The van der Waals surface area contributed by atoms with Crippen molar-refractivity contribution in [3.05, 3.63) is 58.6 Å². The normalized spacial score (nSPS) is 10.8. The van der Waals surface area contributed by atoms with Crippen LogP contribution in [-0.2, 0) is 0 Å². The zero-order valence-corrected chi connectivity index (χ0v) is 14.1. The second kappa shape index (κ2) is 6.49. The lowest BCUT2D eigenvalue weighted by Gasteiger charge is -2.10. The molecule has 0 radical (unpaired) electrons. The van der Waals surface area contributed by atoms with Crippen molar-refractivity contribution >= 4 is 28.5 Å². The summed E-state index contributed by atoms with van der Waals surface area (Å²) in [5, 5.41) is 10.6. The van der Waals surface area contributed by atoms with Gasteiger partial charge in [-0.2, -0.15) is 0 Å². The van der Waals surface area contributed by atoms with E-state index in [4.69, 9.17) is 16.3 Å². The Morgan fingerprint density at radius 3 is 2.54 bits per heavy atom. The van der Waals surface area contributed by atoms with Crippen LogP contribution in [0.5, 0.6) is 5.75 Å². The first-order valence-corrected chi connectivity index (χ1v) is 7.95. The van der Waals surface area contributed by atoms with Gasteiger partial charge in [-0.1, -0.05) is 11.6 Å². The van der Waals surface area contributed by atoms with Crippen molar-refractivity contribution in [3.63, 3.8) is 0 Å². The third-order valence-corrected chi connectivity index (χ3v) is 3.98. The van der Waals surface area contributed by atoms with E-state index in [-0.39, 0.29) is 5.56 Å². The Kier molecular flexibility index (Phi) is 4.40. The van der Waals surface area contributed by atoms with Gasteiger partial charge < -0.3 is 9.84 Å². The molecule has 1 heterocycles. The van der Waals surface area contributed by atoms with Crippen LogP contribution in [0.25, 0.3) is 22.2 Å². The maximum atomic E-state index is 11.7. The van der Waals surface area contributed by atoms with Crippen LogP contribution in [0.3, 0.4) is 0 Å². The molecule has 0 fully saturated rings. The third-order valence-electron chi connectivity index (χ3n) is 3.76. The Bertz CT molecular complexity index is 920. The van der Waals surface area contributed by atoms with E-state index in [1.54, 1.807) is 18.2 Å². The number of aromatic nitrogens is 1. The van der Waals surface area contributed by atoms with Crippen molar-refractivity contribution < 1.29 is 14.6 Å². The van der Waals surface area contributed by atoms with Gasteiger partial charge >= 0.3 is 5.97 Å². The SMILES string of the molecule is CCOc1ccc(-c2cc(C(=O)O)c3cc(Cl)cc(C)c3n2)cc1. The number of aromatic carboxylic acids is 1. The van der Waals surface area contributed by atoms with Crippen molar-refractivity contribution in [2.24, 2.45) is 0 Å². The molecule has 0 amide bonds. The average Bonchev–Trinajstić information content (AvgIpc) is 2.55. The summed E-state index contributed by atoms with van der Waals surface area (Å²) >= 11 is 6.07. The molecule has 0 atom stereocenters. The Labute approximate surface area is 144 Å². The largest absolute Gasteiger partial charge is 0.494 e. The summed E-state index contributed by atoms with van der Waals surface area (Å²) in [6.45, 7) is 4.39. The molecule has 0 saturated heterocycles. The Morgan fingerprint density at radius 1 is 1.21 bits per heavy atom. The summed E-state index contributed by atoms with van der Waals surface area (Å²) in [5.41, 5.74) is 3.11. The highest BCUT2D eigenvalue weighted by Gasteiger charge is 2.15. The molecule has 4 nitrogen and oxygen atoms in total. The van der Waals surface area contributed by atoms with Crippen LogP contribution < -0.4 is 4.74 Å². The molecule has 1 N–H and O–H groups in total. The molecule has 0 aliphatic rings. The molecule has 1 aromatic heterocycles. The van der Waals surface area contributed by atoms with Gasteiger partial charge in [-0.05, 0) is 61.9 Å². The fraction of sp³-hybridized carbons (Fsp3) is 0.158. The summed E-state index contributed by atoms with van der Waals surface area (Å²) in [6.07, 6.45) is 0. The van der Waals surface area contributed by atoms with Crippen LogP contribution in [-0.4, -0.2) is 22.7 Å². The summed E-state index contributed by atoms with van der Waals surface area (Å²) in [7, 11) is 0. The van der Waals surface area contributed by atoms with Gasteiger partial charge in [-0.25, -0.2) is 9.78 Å². The number of carboxylic acids is 1. The molecular formula is C19H16ClNO3. The number of hydrogen-bond acceptors (Lipinski definition) is 3. The number of hydrogen-bond donors (Lipinski definition) is 1. The number of pyridine rings is 1. The molecule has 0 bridgehead atoms. The Balaban J connectivity index is 2.20. The highest BCUT2D eigenvalue weighted by Crippen LogP contribution is 2.30. The summed E-state index contributed by atoms with van der Waals surface area (Å²) in [4.78, 5) is 16.3. The number of carbonyl (C=O) groups is 1. The van der Waals surface area contributed by atoms with Crippen LogP contribution >= 0.6 is 11.6 Å². The average molecular weight is 342 g/mol. The van der Waals surface area contributed by atoms with Crippen LogP contribution in [0, 0.1) is 6.92 Å². The van der Waals surface area contributed by atoms with Gasteiger partial charge in [0.1, 0.15) is 5.75 Å². The van der Waals surface area contributed by atoms with E-state index in [2.05, 4.69) is 4.98 Å². The first kappa shape index (κ1) is 16.3. The lowest BCUT2D eigenvalue weighted by molar-refractivity contribution is 0.0699. The summed E-state index contributed by atoms with van der Waals surface area (Å²) < 4.78 is 5.43. The molecule has 5 heteroatoms. The monoisotopic (exact) mass is 341 g/mol. The number of aryl methyl sites for hydroxylation is 1. The van der Waals surface area contributed by atoms with Crippen LogP contribution in [0.4, 0.5) is 0 Å². The maximum Gasteiger partial charge on any atom is 0.336 e. The second-order valence-electron chi connectivity index (χ2n) is 5.44. The van der Waals surface area contributed by atoms with Gasteiger partial charge in [0.15, 0.2) is 0 Å². The topological polar surface area (TPSA) is 59.4 Å². The van der Waals surface area contributed by atoms with Crippen LogP contribution in [0.2, 0.25) is 5.02 Å². The summed E-state index contributed by atoms with van der Waals surface area (Å²) in [6, 6.07) is 12.4. The first-order chi connectivity index (χ1) is 11.5. The molecule has 0 spiro atoms. The second-order valence-corrected chi connectivity index (χ2v) is 5.87. The number of fused-ring (bicyclic) bond motifs is 1. The van der Waals surface area contributed by atoms with E-state index >= 15 is 0 Å². The maximum absolute atomic E-state index is 11.7. The molecule has 0 unspecified atom stereocenters. The lowest BCUT2D eigenvalue weighted by Crippen LogP contribution is -2.01. The van der Waals surface area contributed by atoms with Gasteiger partial charge in [0, 0.05) is 16.0 Å². The van der Waals surface area contributed by atoms with Crippen LogP contribution in [0.15, 0.2) is 42.5 Å². The zero-order valence-electron chi connectivity index (χ0n) is 13.3. The first-order valence-electron chi connectivity index (χ1n) is 7.57. The van der Waals surface area contributed by atoms with Gasteiger partial charge in [-0.3, -0.25) is 0 Å². The fourth-order valence-electron chi connectivity index (χ4n) is 2.67. The van der Waals surface area contributed by atoms with Gasteiger partial charge in [0.25, 0.3) is 0 Å². The molecule has 0 saturated carbocycles. The van der Waals surface area contributed by atoms with Crippen molar-refractivity contribution in [1.82, 2.24) is 4.98 Å². The van der Waals surface area contributed by atoms with E-state index in [0.717, 1.165) is 16.9 Å². The van der Waals surface area contributed by atoms with E-state index in [0.29, 0.717) is 28.2 Å². The molecule has 2 aromatic carbocycles. The molecule has 3 aromatic rings. The third kappa shape index (κ3) is 3.05.